The van der Waals surface area contributed by atoms with Crippen LogP contribution in [-0.2, 0) is 11.2 Å². The molecule has 1 aromatic rings. The summed E-state index contributed by atoms with van der Waals surface area (Å²) in [5.74, 6) is 0.734. The fourth-order valence-electron chi connectivity index (χ4n) is 1.71. The summed E-state index contributed by atoms with van der Waals surface area (Å²) in [5, 5.41) is 2.87. The molecule has 0 atom stereocenters. The molecule has 0 aliphatic carbocycles. The normalized spacial score (nSPS) is 10.2. The van der Waals surface area contributed by atoms with E-state index in [1.54, 1.807) is 0 Å². The molecule has 3 N–H and O–H groups in total. The van der Waals surface area contributed by atoms with E-state index in [0.717, 1.165) is 24.1 Å². The van der Waals surface area contributed by atoms with Crippen molar-refractivity contribution in [3.63, 3.8) is 0 Å². The topological polar surface area (TPSA) is 64.4 Å². The number of carbonyl (C=O) groups is 1. The fraction of sp³-hybridized carbons (Fsp3) is 0.500. The van der Waals surface area contributed by atoms with Gasteiger partial charge in [0, 0.05) is 6.42 Å². The molecule has 4 heteroatoms. The van der Waals surface area contributed by atoms with Gasteiger partial charge in [0.25, 0.3) is 0 Å². The molecule has 0 heterocycles. The van der Waals surface area contributed by atoms with Crippen LogP contribution in [0.4, 0.5) is 5.69 Å². The second kappa shape index (κ2) is 7.71. The lowest BCUT2D eigenvalue weighted by Gasteiger charge is -2.13. The van der Waals surface area contributed by atoms with E-state index in [4.69, 9.17) is 10.5 Å². The summed E-state index contributed by atoms with van der Waals surface area (Å²) in [7, 11) is 0. The number of benzene rings is 1. The zero-order valence-corrected chi connectivity index (χ0v) is 11.2. The van der Waals surface area contributed by atoms with Gasteiger partial charge in [0.1, 0.15) is 5.75 Å². The number of anilines is 1. The van der Waals surface area contributed by atoms with E-state index < -0.39 is 0 Å². The van der Waals surface area contributed by atoms with Crippen molar-refractivity contribution in [1.82, 2.24) is 0 Å². The molecule has 0 saturated carbocycles. The van der Waals surface area contributed by atoms with E-state index in [1.807, 2.05) is 32.0 Å². The molecule has 0 fully saturated rings. The number of hydrogen-bond donors (Lipinski definition) is 2. The number of nitrogens with two attached hydrogens (primary N) is 1. The first-order chi connectivity index (χ1) is 8.71. The van der Waals surface area contributed by atoms with Gasteiger partial charge in [-0.25, -0.2) is 0 Å². The van der Waals surface area contributed by atoms with Gasteiger partial charge in [-0.3, -0.25) is 4.79 Å². The average Bonchev–Trinajstić information content (AvgIpc) is 2.33. The quantitative estimate of drug-likeness (QED) is 0.780. The summed E-state index contributed by atoms with van der Waals surface area (Å²) in [5.41, 5.74) is 7.38. The minimum atomic E-state index is 0.0185. The molecule has 1 aromatic carbocycles. The van der Waals surface area contributed by atoms with E-state index in [-0.39, 0.29) is 5.91 Å². The van der Waals surface area contributed by atoms with Crippen molar-refractivity contribution in [1.29, 1.82) is 0 Å². The Balaban J connectivity index is 2.85. The summed E-state index contributed by atoms with van der Waals surface area (Å²) in [6, 6.07) is 5.79. The Morgan fingerprint density at radius 1 is 1.39 bits per heavy atom. The van der Waals surface area contributed by atoms with Crippen molar-refractivity contribution in [2.45, 2.75) is 33.1 Å². The van der Waals surface area contributed by atoms with Crippen LogP contribution in [0.1, 0.15) is 32.3 Å². The van der Waals surface area contributed by atoms with E-state index in [9.17, 15) is 4.79 Å². The molecule has 0 aliphatic rings. The van der Waals surface area contributed by atoms with Crippen molar-refractivity contribution in [2.75, 3.05) is 18.5 Å². The van der Waals surface area contributed by atoms with Crippen LogP contribution in [0.15, 0.2) is 18.2 Å². The van der Waals surface area contributed by atoms with Crippen LogP contribution < -0.4 is 15.8 Å². The highest BCUT2D eigenvalue weighted by Crippen LogP contribution is 2.26. The smallest absolute Gasteiger partial charge is 0.224 e. The lowest BCUT2D eigenvalue weighted by atomic mass is 10.1. The number of ether oxygens (including phenoxy) is 1. The number of nitrogens with one attached hydrogen (secondary N) is 1. The van der Waals surface area contributed by atoms with Crippen molar-refractivity contribution in [3.05, 3.63) is 23.8 Å². The van der Waals surface area contributed by atoms with Crippen molar-refractivity contribution < 1.29 is 9.53 Å². The second-order valence-corrected chi connectivity index (χ2v) is 4.10. The van der Waals surface area contributed by atoms with Crippen LogP contribution in [-0.4, -0.2) is 19.1 Å². The molecule has 0 aliphatic heterocycles. The van der Waals surface area contributed by atoms with Crippen LogP contribution >= 0.6 is 0 Å². The Morgan fingerprint density at radius 2 is 2.17 bits per heavy atom. The first-order valence-electron chi connectivity index (χ1n) is 6.46. The first kappa shape index (κ1) is 14.5. The summed E-state index contributed by atoms with van der Waals surface area (Å²) in [4.78, 5) is 11.6. The average molecular weight is 250 g/mol. The molecule has 1 rings (SSSR count). The Hall–Kier alpha value is -1.55. The van der Waals surface area contributed by atoms with Gasteiger partial charge in [0.05, 0.1) is 12.3 Å². The number of carbonyl (C=O) groups excluding carboxylic acids is 1. The zero-order chi connectivity index (χ0) is 13.4. The van der Waals surface area contributed by atoms with E-state index in [0.29, 0.717) is 25.3 Å². The first-order valence-corrected chi connectivity index (χ1v) is 6.46. The fourth-order valence-corrected chi connectivity index (χ4v) is 1.71. The summed E-state index contributed by atoms with van der Waals surface area (Å²) in [6.45, 7) is 5.08. The van der Waals surface area contributed by atoms with E-state index >= 15 is 0 Å². The summed E-state index contributed by atoms with van der Waals surface area (Å²) in [6.07, 6.45) is 2.17. The number of rotatable bonds is 7. The molecular weight excluding hydrogens is 228 g/mol. The van der Waals surface area contributed by atoms with Gasteiger partial charge < -0.3 is 15.8 Å². The Morgan fingerprint density at radius 3 is 2.78 bits per heavy atom. The monoisotopic (exact) mass is 250 g/mol. The maximum absolute atomic E-state index is 11.6. The maximum atomic E-state index is 11.6. The highest BCUT2D eigenvalue weighted by molar-refractivity contribution is 5.92. The third-order valence-electron chi connectivity index (χ3n) is 2.53. The van der Waals surface area contributed by atoms with Crippen molar-refractivity contribution >= 4 is 11.6 Å². The predicted octanol–water partition coefficient (Wildman–Crippen LogP) is 2.33. The molecule has 0 radical (unpaired) electrons. The molecule has 0 aromatic heterocycles. The molecule has 0 unspecified atom stereocenters. The van der Waals surface area contributed by atoms with Gasteiger partial charge in [0.15, 0.2) is 0 Å². The SMILES string of the molecule is CCCC(=O)Nc1ccc(CCN)cc1OCC. The van der Waals surface area contributed by atoms with Gasteiger partial charge in [-0.2, -0.15) is 0 Å². The van der Waals surface area contributed by atoms with Crippen LogP contribution in [0.25, 0.3) is 0 Å². The molecule has 4 nitrogen and oxygen atoms in total. The largest absolute Gasteiger partial charge is 0.492 e. The minimum absolute atomic E-state index is 0.0185. The summed E-state index contributed by atoms with van der Waals surface area (Å²) >= 11 is 0. The maximum Gasteiger partial charge on any atom is 0.224 e. The molecule has 0 saturated heterocycles. The lowest BCUT2D eigenvalue weighted by molar-refractivity contribution is -0.116. The standard InChI is InChI=1S/C14H22N2O2/c1-3-5-14(17)16-12-7-6-11(8-9-15)10-13(12)18-4-2/h6-7,10H,3-5,8-9,15H2,1-2H3,(H,16,17). The van der Waals surface area contributed by atoms with Gasteiger partial charge in [0.2, 0.25) is 5.91 Å². The van der Waals surface area contributed by atoms with Crippen molar-refractivity contribution in [3.8, 4) is 5.75 Å². The summed E-state index contributed by atoms with van der Waals surface area (Å²) < 4.78 is 5.55. The Bertz CT molecular complexity index is 391. The van der Waals surface area contributed by atoms with Gasteiger partial charge in [-0.05, 0) is 44.0 Å². The van der Waals surface area contributed by atoms with Crippen molar-refractivity contribution in [2.24, 2.45) is 5.73 Å². The molecule has 0 bridgehead atoms. The number of hydrogen-bond acceptors (Lipinski definition) is 3. The van der Waals surface area contributed by atoms with Crippen LogP contribution in [0.2, 0.25) is 0 Å². The molecular formula is C14H22N2O2. The Labute approximate surface area is 109 Å². The predicted molar refractivity (Wildman–Crippen MR) is 73.9 cm³/mol. The highest BCUT2D eigenvalue weighted by Gasteiger charge is 2.08. The van der Waals surface area contributed by atoms with Crippen LogP contribution in [0.3, 0.4) is 0 Å². The van der Waals surface area contributed by atoms with E-state index in [2.05, 4.69) is 5.32 Å². The minimum Gasteiger partial charge on any atom is -0.492 e. The molecule has 100 valence electrons. The molecule has 18 heavy (non-hydrogen) atoms. The Kier molecular flexibility index (Phi) is 6.22. The van der Waals surface area contributed by atoms with Crippen LogP contribution in [0, 0.1) is 0 Å². The number of amides is 1. The van der Waals surface area contributed by atoms with Gasteiger partial charge >= 0.3 is 0 Å². The van der Waals surface area contributed by atoms with Crippen LogP contribution in [0.5, 0.6) is 5.75 Å². The van der Waals surface area contributed by atoms with Gasteiger partial charge in [-0.1, -0.05) is 13.0 Å². The highest BCUT2D eigenvalue weighted by atomic mass is 16.5. The second-order valence-electron chi connectivity index (χ2n) is 4.10. The van der Waals surface area contributed by atoms with E-state index in [1.165, 1.54) is 0 Å². The van der Waals surface area contributed by atoms with Gasteiger partial charge in [-0.15, -0.1) is 0 Å². The zero-order valence-electron chi connectivity index (χ0n) is 11.2. The molecule has 1 amide bonds. The third kappa shape index (κ3) is 4.37. The lowest BCUT2D eigenvalue weighted by Crippen LogP contribution is -2.12. The molecule has 0 spiro atoms. The third-order valence-corrected chi connectivity index (χ3v) is 2.53.